The van der Waals surface area contributed by atoms with Crippen molar-refractivity contribution in [3.05, 3.63) is 107 Å². The van der Waals surface area contributed by atoms with Gasteiger partial charge in [0.25, 0.3) is 11.8 Å². The monoisotopic (exact) mass is 984 g/mol. The van der Waals surface area contributed by atoms with Crippen LogP contribution in [0.15, 0.2) is 98.5 Å². The molecule has 2 aliphatic rings. The number of aliphatic imine (C=N–C) groups is 1. The number of amidine groups is 1. The van der Waals surface area contributed by atoms with Gasteiger partial charge in [-0.1, -0.05) is 17.3 Å². The van der Waals surface area contributed by atoms with Crippen LogP contribution < -0.4 is 26.1 Å². The number of fused-ring (bicyclic) bond motifs is 2. The predicted molar refractivity (Wildman–Crippen MR) is 256 cm³/mol. The van der Waals surface area contributed by atoms with Gasteiger partial charge in [-0.15, -0.1) is 23.1 Å². The first kappa shape index (κ1) is 49.7. The lowest BCUT2D eigenvalue weighted by molar-refractivity contribution is -0.687. The normalized spacial score (nSPS) is 16.7. The first-order valence-corrected chi connectivity index (χ1v) is 23.5. The Kier molecular flexibility index (Phi) is 14.3. The Morgan fingerprint density at radius 3 is 2.41 bits per heavy atom. The lowest BCUT2D eigenvalue weighted by Crippen LogP contribution is -2.71. The van der Waals surface area contributed by atoms with Crippen molar-refractivity contribution in [1.29, 1.82) is 0 Å². The van der Waals surface area contributed by atoms with Gasteiger partial charge in [-0.2, -0.15) is 4.99 Å². The molecule has 2 atom stereocenters. The van der Waals surface area contributed by atoms with Gasteiger partial charge in [0.1, 0.15) is 64.2 Å². The number of hydrogen-bond donors (Lipinski definition) is 3. The molecule has 1 fully saturated rings. The standard InChI is InChI=1S/C47H53N9O11S2/c1-45(2,3)65-42(60)47(7,8)67-53-34(32-25-69-43(49)50-32)38(57)51-35-39(58)56-36(41(59)64-22-26-10-12-30(62-9)13-11-26)29(24-68-40(35)56)20-54-16-15-33-27(19-54)14-17-55(33)21-31-18-28(23-63-31)37(48)52-44(61)66-46(4,5)6/h10-19,23,25,35,40H,20-22,24H2,1-9H3,(H4-,48,49,50,51,52,57,61)/p+1/b53-34-/t35-,40-/m1/s1. The minimum Gasteiger partial charge on any atom is -0.497 e. The van der Waals surface area contributed by atoms with E-state index in [0.29, 0.717) is 40.5 Å². The second kappa shape index (κ2) is 19.8. The lowest BCUT2D eigenvalue weighted by Gasteiger charge is -2.49. The number of amides is 3. The number of benzene rings is 1. The average Bonchev–Trinajstić information content (AvgIpc) is 4.04. The number of nitrogens with two attached hydrogens (primary N) is 2. The Morgan fingerprint density at radius 2 is 1.74 bits per heavy atom. The zero-order valence-electron chi connectivity index (χ0n) is 39.6. The summed E-state index contributed by atoms with van der Waals surface area (Å²) in [5, 5.41) is 8.61. The number of carbonyl (C=O) groups is 5. The van der Waals surface area contributed by atoms with E-state index in [1.807, 2.05) is 39.9 Å². The van der Waals surface area contributed by atoms with E-state index in [1.54, 1.807) is 79.0 Å². The van der Waals surface area contributed by atoms with Crippen molar-refractivity contribution in [3.8, 4) is 5.75 Å². The number of furan rings is 1. The van der Waals surface area contributed by atoms with E-state index in [9.17, 15) is 24.0 Å². The number of methoxy groups -OCH3 is 1. The number of nitrogens with zero attached hydrogens (tertiary/aromatic N) is 6. The molecule has 4 aromatic heterocycles. The fourth-order valence-corrected chi connectivity index (χ4v) is 8.88. The molecule has 22 heteroatoms. The van der Waals surface area contributed by atoms with Gasteiger partial charge in [0.05, 0.1) is 30.1 Å². The molecule has 6 heterocycles. The molecule has 364 valence electrons. The molecule has 7 rings (SSSR count). The number of carbonyl (C=O) groups excluding carboxylic acids is 5. The molecule has 5 N–H and O–H groups in total. The van der Waals surface area contributed by atoms with E-state index >= 15 is 0 Å². The Bertz CT molecular complexity index is 2880. The third kappa shape index (κ3) is 11.9. The molecular formula is C47H54N9O11S2+. The van der Waals surface area contributed by atoms with E-state index < -0.39 is 58.1 Å². The number of thioether (sulfide) groups is 1. The van der Waals surface area contributed by atoms with Crippen molar-refractivity contribution >= 4 is 80.5 Å². The van der Waals surface area contributed by atoms with Gasteiger partial charge in [0.15, 0.2) is 29.8 Å². The van der Waals surface area contributed by atoms with Crippen molar-refractivity contribution in [2.24, 2.45) is 15.9 Å². The summed E-state index contributed by atoms with van der Waals surface area (Å²) in [7, 11) is 1.55. The molecule has 3 amide bonds. The topological polar surface area (TPSA) is 258 Å². The van der Waals surface area contributed by atoms with E-state index in [2.05, 4.69) is 20.4 Å². The number of nitrogen functional groups attached to an aromatic ring is 1. The predicted octanol–water partition coefficient (Wildman–Crippen LogP) is 5.20. The van der Waals surface area contributed by atoms with Crippen LogP contribution in [0.25, 0.3) is 10.9 Å². The number of hydrogen-bond acceptors (Lipinski definition) is 16. The van der Waals surface area contributed by atoms with Crippen LogP contribution in [-0.2, 0) is 57.9 Å². The SMILES string of the molecule is COc1ccc(COC(=O)C2=C(C[n+]3ccc4c(ccn4Cc4cc(C(N)=NC(=O)OC(C)(C)C)co4)c3)CS[C@@H]3[C@H](NC(=O)/C(=N\OC(C)(C)C(=O)OC(C)(C)C)c4csc(N)n4)C(=O)N23)cc1. The van der Waals surface area contributed by atoms with Gasteiger partial charge in [0, 0.05) is 29.0 Å². The Hall–Kier alpha value is -7.20. The molecule has 5 aromatic rings. The quantitative estimate of drug-likeness (QED) is 0.0232. The number of oxime groups is 1. The summed E-state index contributed by atoms with van der Waals surface area (Å²) in [5.41, 5.74) is 11.3. The molecule has 1 saturated heterocycles. The minimum absolute atomic E-state index is 0.0346. The lowest BCUT2D eigenvalue weighted by atomic mass is 10.0. The summed E-state index contributed by atoms with van der Waals surface area (Å²) < 4.78 is 31.5. The highest BCUT2D eigenvalue weighted by atomic mass is 32.2. The van der Waals surface area contributed by atoms with Gasteiger partial charge in [-0.3, -0.25) is 14.5 Å². The van der Waals surface area contributed by atoms with Gasteiger partial charge < -0.3 is 49.6 Å². The number of thiazole rings is 1. The van der Waals surface area contributed by atoms with Crippen LogP contribution in [0, 0.1) is 0 Å². The van der Waals surface area contributed by atoms with Crippen molar-refractivity contribution in [2.75, 3.05) is 18.6 Å². The molecule has 0 radical (unpaired) electrons. The van der Waals surface area contributed by atoms with Crippen LogP contribution in [0.1, 0.15) is 78.0 Å². The largest absolute Gasteiger partial charge is 0.497 e. The third-order valence-electron chi connectivity index (χ3n) is 10.3. The minimum atomic E-state index is -1.61. The fourth-order valence-electron chi connectivity index (χ4n) is 7.00. The number of pyridine rings is 1. The van der Waals surface area contributed by atoms with E-state index in [0.717, 1.165) is 22.2 Å². The first-order chi connectivity index (χ1) is 32.5. The van der Waals surface area contributed by atoms with E-state index in [4.69, 9.17) is 39.7 Å². The second-order valence-corrected chi connectivity index (χ2v) is 20.5. The molecule has 69 heavy (non-hydrogen) atoms. The molecular weight excluding hydrogens is 931 g/mol. The van der Waals surface area contributed by atoms with Crippen molar-refractivity contribution < 1.29 is 56.7 Å². The molecule has 0 aliphatic carbocycles. The zero-order chi connectivity index (χ0) is 50.0. The number of esters is 2. The number of rotatable bonds is 15. The molecule has 0 unspecified atom stereocenters. The van der Waals surface area contributed by atoms with Crippen LogP contribution in [-0.4, -0.2) is 96.9 Å². The highest BCUT2D eigenvalue weighted by Gasteiger charge is 2.55. The summed E-state index contributed by atoms with van der Waals surface area (Å²) in [6, 6.07) is 11.5. The van der Waals surface area contributed by atoms with E-state index in [1.165, 1.54) is 42.2 Å². The van der Waals surface area contributed by atoms with Gasteiger partial charge in [-0.05, 0) is 85.2 Å². The van der Waals surface area contributed by atoms with Crippen LogP contribution in [0.2, 0.25) is 0 Å². The Morgan fingerprint density at radius 1 is 1.01 bits per heavy atom. The van der Waals surface area contributed by atoms with Crippen molar-refractivity contribution in [2.45, 2.75) is 103 Å². The molecule has 2 aliphatic heterocycles. The van der Waals surface area contributed by atoms with Crippen LogP contribution >= 0.6 is 23.1 Å². The number of aromatic nitrogens is 3. The highest BCUT2D eigenvalue weighted by Crippen LogP contribution is 2.41. The Balaban J connectivity index is 1.11. The molecule has 0 spiro atoms. The summed E-state index contributed by atoms with van der Waals surface area (Å²) in [6.45, 7) is 13.7. The second-order valence-electron chi connectivity index (χ2n) is 18.5. The maximum atomic E-state index is 14.2. The van der Waals surface area contributed by atoms with Gasteiger partial charge >= 0.3 is 18.0 Å². The smallest absolute Gasteiger partial charge is 0.436 e. The molecule has 1 aromatic carbocycles. The first-order valence-electron chi connectivity index (χ1n) is 21.6. The molecule has 0 bridgehead atoms. The fraction of sp³-hybridized carbons (Fsp3) is 0.383. The number of nitrogens with one attached hydrogen (secondary N) is 1. The maximum absolute atomic E-state index is 14.2. The summed E-state index contributed by atoms with van der Waals surface area (Å²) in [4.78, 5) is 82.4. The van der Waals surface area contributed by atoms with Crippen molar-refractivity contribution in [1.82, 2.24) is 19.8 Å². The summed E-state index contributed by atoms with van der Waals surface area (Å²) in [5.74, 6) is -1.34. The summed E-state index contributed by atoms with van der Waals surface area (Å²) in [6.07, 6.45) is 6.31. The van der Waals surface area contributed by atoms with Gasteiger partial charge in [-0.25, -0.2) is 23.9 Å². The Labute approximate surface area is 405 Å². The van der Waals surface area contributed by atoms with Crippen LogP contribution in [0.4, 0.5) is 9.93 Å². The highest BCUT2D eigenvalue weighted by molar-refractivity contribution is 8.00. The van der Waals surface area contributed by atoms with Gasteiger partial charge in [0.2, 0.25) is 5.60 Å². The van der Waals surface area contributed by atoms with Crippen molar-refractivity contribution in [3.63, 3.8) is 0 Å². The molecule has 20 nitrogen and oxygen atoms in total. The average molecular weight is 985 g/mol. The number of ether oxygens (including phenoxy) is 4. The summed E-state index contributed by atoms with van der Waals surface area (Å²) >= 11 is 2.42. The van der Waals surface area contributed by atoms with E-state index in [-0.39, 0.29) is 41.2 Å². The zero-order valence-corrected chi connectivity index (χ0v) is 41.2. The van der Waals surface area contributed by atoms with Crippen LogP contribution in [0.3, 0.4) is 0 Å². The van der Waals surface area contributed by atoms with Crippen LogP contribution in [0.5, 0.6) is 5.75 Å². The third-order valence-corrected chi connectivity index (χ3v) is 12.3. The maximum Gasteiger partial charge on any atom is 0.436 e. The number of anilines is 1. The number of β-lactam (4-membered cyclic amide) rings is 1. The molecule has 0 saturated carbocycles.